The van der Waals surface area contributed by atoms with E-state index in [2.05, 4.69) is 21.4 Å². The van der Waals surface area contributed by atoms with Crippen LogP contribution in [0.25, 0.3) is 5.57 Å². The molecule has 2 heterocycles. The van der Waals surface area contributed by atoms with Crippen LogP contribution in [0, 0.1) is 5.92 Å². The normalized spacial score (nSPS) is 19.5. The number of nitrogens with zero attached hydrogens (tertiary/aromatic N) is 2. The zero-order valence-corrected chi connectivity index (χ0v) is 16.0. The summed E-state index contributed by atoms with van der Waals surface area (Å²) in [6.45, 7) is 0. The van der Waals surface area contributed by atoms with Gasteiger partial charge in [-0.2, -0.15) is 0 Å². The predicted octanol–water partition coefficient (Wildman–Crippen LogP) is 4.02. The number of rotatable bonds is 6. The third-order valence-corrected chi connectivity index (χ3v) is 7.20. The maximum absolute atomic E-state index is 12.8. The smallest absolute Gasteiger partial charge is 0.257 e. The molecule has 26 heavy (non-hydrogen) atoms. The Hall–Kier alpha value is -1.86. The molecule has 7 heteroatoms. The summed E-state index contributed by atoms with van der Waals surface area (Å²) in [5.74, 6) is 0.261. The summed E-state index contributed by atoms with van der Waals surface area (Å²) >= 11 is 1.40. The van der Waals surface area contributed by atoms with Crippen LogP contribution in [0.1, 0.15) is 44.1 Å². The third kappa shape index (κ3) is 4.10. The molecule has 2 aliphatic carbocycles. The molecule has 1 amide bonds. The largest absolute Gasteiger partial charge is 0.298 e. The summed E-state index contributed by atoms with van der Waals surface area (Å²) in [5.41, 5.74) is 1.39. The molecule has 0 aromatic carbocycles. The van der Waals surface area contributed by atoms with Crippen LogP contribution < -0.4 is 5.32 Å². The maximum atomic E-state index is 12.8. The summed E-state index contributed by atoms with van der Waals surface area (Å²) in [7, 11) is -1.03. The highest BCUT2D eigenvalue weighted by atomic mass is 32.2. The molecule has 2 aliphatic rings. The average molecular weight is 388 g/mol. The first kappa shape index (κ1) is 17.5. The summed E-state index contributed by atoms with van der Waals surface area (Å²) in [4.78, 5) is 21.3. The minimum atomic E-state index is -1.03. The number of pyridine rings is 1. The summed E-state index contributed by atoms with van der Waals surface area (Å²) in [6, 6.07) is 3.66. The van der Waals surface area contributed by atoms with E-state index in [9.17, 15) is 9.00 Å². The average Bonchev–Trinajstić information content (AvgIpc) is 3.14. The molecule has 0 aliphatic heterocycles. The van der Waals surface area contributed by atoms with Crippen LogP contribution >= 0.6 is 11.3 Å². The highest BCUT2D eigenvalue weighted by Crippen LogP contribution is 2.31. The number of allylic oxidation sites excluding steroid dienone is 1. The first-order valence-corrected chi connectivity index (χ1v) is 11.1. The minimum absolute atomic E-state index is 0.162. The van der Waals surface area contributed by atoms with E-state index in [4.69, 9.17) is 0 Å². The van der Waals surface area contributed by atoms with Gasteiger partial charge >= 0.3 is 0 Å². The monoisotopic (exact) mass is 387 g/mol. The van der Waals surface area contributed by atoms with Gasteiger partial charge in [0, 0.05) is 34.2 Å². The van der Waals surface area contributed by atoms with Crippen LogP contribution in [-0.2, 0) is 15.6 Å². The number of hydrogen-bond donors (Lipinski definition) is 1. The Bertz CT molecular complexity index is 821. The molecule has 136 valence electrons. The van der Waals surface area contributed by atoms with Crippen molar-refractivity contribution in [2.75, 3.05) is 5.32 Å². The highest BCUT2D eigenvalue weighted by molar-refractivity contribution is 7.85. The fourth-order valence-electron chi connectivity index (χ4n) is 3.22. The van der Waals surface area contributed by atoms with Gasteiger partial charge in [-0.15, -0.1) is 11.3 Å². The number of thiazole rings is 1. The lowest BCUT2D eigenvalue weighted by Crippen LogP contribution is -2.15. The third-order valence-electron chi connectivity index (χ3n) is 4.78. The summed E-state index contributed by atoms with van der Waals surface area (Å²) in [5, 5.41) is 6.16. The highest BCUT2D eigenvalue weighted by Gasteiger charge is 2.30. The SMILES string of the molecule is O=C(Nc1nccs1)C(=CC1CCCC1)c1ccc(S(=O)C2CC2)nc1. The molecule has 2 aromatic heterocycles. The second-order valence-electron chi connectivity index (χ2n) is 6.80. The number of carbonyl (C=O) groups excluding carboxylic acids is 1. The number of carbonyl (C=O) groups is 1. The first-order valence-electron chi connectivity index (χ1n) is 9.00. The Morgan fingerprint density at radius 2 is 2.00 bits per heavy atom. The fourth-order valence-corrected chi connectivity index (χ4v) is 5.01. The molecular weight excluding hydrogens is 366 g/mol. The second-order valence-corrected chi connectivity index (χ2v) is 9.37. The number of nitrogens with one attached hydrogen (secondary N) is 1. The lowest BCUT2D eigenvalue weighted by molar-refractivity contribution is -0.111. The van der Waals surface area contributed by atoms with Gasteiger partial charge in [0.25, 0.3) is 5.91 Å². The maximum Gasteiger partial charge on any atom is 0.257 e. The lowest BCUT2D eigenvalue weighted by atomic mass is 9.99. The van der Waals surface area contributed by atoms with Gasteiger partial charge in [0.2, 0.25) is 0 Å². The fraction of sp³-hybridized carbons (Fsp3) is 0.421. The molecule has 4 rings (SSSR count). The van der Waals surface area contributed by atoms with Gasteiger partial charge < -0.3 is 0 Å². The van der Waals surface area contributed by atoms with E-state index in [1.54, 1.807) is 18.5 Å². The van der Waals surface area contributed by atoms with Gasteiger partial charge in [-0.3, -0.25) is 14.3 Å². The predicted molar refractivity (Wildman–Crippen MR) is 104 cm³/mol. The Morgan fingerprint density at radius 1 is 1.19 bits per heavy atom. The van der Waals surface area contributed by atoms with E-state index >= 15 is 0 Å². The Kier molecular flexibility index (Phi) is 5.26. The van der Waals surface area contributed by atoms with Gasteiger partial charge in [-0.1, -0.05) is 18.9 Å². The van der Waals surface area contributed by atoms with E-state index < -0.39 is 10.8 Å². The quantitative estimate of drug-likeness (QED) is 0.760. The molecule has 0 bridgehead atoms. The van der Waals surface area contributed by atoms with Crippen molar-refractivity contribution in [1.82, 2.24) is 9.97 Å². The van der Waals surface area contributed by atoms with E-state index in [-0.39, 0.29) is 11.2 Å². The summed E-state index contributed by atoms with van der Waals surface area (Å²) < 4.78 is 12.3. The molecule has 0 saturated heterocycles. The topological polar surface area (TPSA) is 72.0 Å². The van der Waals surface area contributed by atoms with Crippen LogP contribution in [0.2, 0.25) is 0 Å². The molecule has 0 radical (unpaired) electrons. The number of aromatic nitrogens is 2. The van der Waals surface area contributed by atoms with Crippen molar-refractivity contribution in [3.05, 3.63) is 41.5 Å². The molecule has 2 fully saturated rings. The number of anilines is 1. The lowest BCUT2D eigenvalue weighted by Gasteiger charge is -2.11. The Labute approximate surface area is 159 Å². The number of amides is 1. The zero-order valence-electron chi connectivity index (χ0n) is 14.4. The van der Waals surface area contributed by atoms with Crippen molar-refractivity contribution in [2.45, 2.75) is 48.8 Å². The van der Waals surface area contributed by atoms with Crippen molar-refractivity contribution in [2.24, 2.45) is 5.92 Å². The molecule has 2 aromatic rings. The van der Waals surface area contributed by atoms with Gasteiger partial charge in [0.1, 0.15) is 5.03 Å². The van der Waals surface area contributed by atoms with E-state index in [1.165, 1.54) is 24.2 Å². The van der Waals surface area contributed by atoms with Crippen molar-refractivity contribution in [3.63, 3.8) is 0 Å². The molecule has 2 saturated carbocycles. The molecule has 1 unspecified atom stereocenters. The minimum Gasteiger partial charge on any atom is -0.298 e. The van der Waals surface area contributed by atoms with Crippen LogP contribution in [0.15, 0.2) is 41.0 Å². The van der Waals surface area contributed by atoms with E-state index in [0.717, 1.165) is 31.2 Å². The molecule has 5 nitrogen and oxygen atoms in total. The summed E-state index contributed by atoms with van der Waals surface area (Å²) in [6.07, 6.45) is 12.1. The van der Waals surface area contributed by atoms with Gasteiger partial charge in [0.15, 0.2) is 5.13 Å². The van der Waals surface area contributed by atoms with Gasteiger partial charge in [-0.25, -0.2) is 9.97 Å². The zero-order chi connectivity index (χ0) is 17.9. The van der Waals surface area contributed by atoms with Gasteiger partial charge in [0.05, 0.1) is 10.8 Å². The molecular formula is C19H21N3O2S2. The molecule has 0 spiro atoms. The van der Waals surface area contributed by atoms with Crippen molar-refractivity contribution < 1.29 is 9.00 Å². The number of hydrogen-bond acceptors (Lipinski definition) is 5. The van der Waals surface area contributed by atoms with Crippen LogP contribution in [-0.4, -0.2) is 25.3 Å². The Morgan fingerprint density at radius 3 is 2.62 bits per heavy atom. The van der Waals surface area contributed by atoms with Crippen molar-refractivity contribution in [1.29, 1.82) is 0 Å². The van der Waals surface area contributed by atoms with Gasteiger partial charge in [-0.05, 0) is 43.7 Å². The van der Waals surface area contributed by atoms with Crippen LogP contribution in [0.5, 0.6) is 0 Å². The molecule has 1 atom stereocenters. The van der Waals surface area contributed by atoms with E-state index in [0.29, 0.717) is 21.6 Å². The van der Waals surface area contributed by atoms with Crippen molar-refractivity contribution in [3.8, 4) is 0 Å². The standard InChI is InChI=1S/C19H21N3O2S2/c23-18(22-19-20-9-10-25-19)16(11-13-3-1-2-4-13)14-5-8-17(21-12-14)26(24)15-6-7-15/h5,8-13,15H,1-4,6-7H2,(H,20,22,23). The first-order chi connectivity index (χ1) is 12.7. The van der Waals surface area contributed by atoms with Crippen LogP contribution in [0.3, 0.4) is 0 Å². The second kappa shape index (κ2) is 7.80. The van der Waals surface area contributed by atoms with Crippen LogP contribution in [0.4, 0.5) is 5.13 Å². The van der Waals surface area contributed by atoms with Crippen molar-refractivity contribution >= 4 is 38.7 Å². The Balaban J connectivity index is 1.59. The van der Waals surface area contributed by atoms with E-state index in [1.807, 2.05) is 11.4 Å². The molecule has 1 N–H and O–H groups in total.